The molecule has 2 aromatic carbocycles. The van der Waals surface area contributed by atoms with Crippen molar-refractivity contribution in [1.82, 2.24) is 15.8 Å². The van der Waals surface area contributed by atoms with Crippen molar-refractivity contribution >= 4 is 39.9 Å². The van der Waals surface area contributed by atoms with Gasteiger partial charge in [0.15, 0.2) is 5.11 Å². The normalized spacial score (nSPS) is 13.4. The van der Waals surface area contributed by atoms with Crippen molar-refractivity contribution in [3.05, 3.63) is 47.5 Å². The Morgan fingerprint density at radius 3 is 2.23 bits per heavy atom. The highest BCUT2D eigenvalue weighted by molar-refractivity contribution is 7.80. The number of imide groups is 1. The highest BCUT2D eigenvalue weighted by Gasteiger charge is 2.33. The Labute approximate surface area is 133 Å². The monoisotopic (exact) mass is 313 g/mol. The molecule has 1 aliphatic rings. The molecule has 0 radical (unpaired) electrons. The number of hydrazine groups is 1. The fourth-order valence-electron chi connectivity index (χ4n) is 2.51. The second kappa shape index (κ2) is 5.73. The van der Waals surface area contributed by atoms with E-state index in [1.807, 2.05) is 19.1 Å². The summed E-state index contributed by atoms with van der Waals surface area (Å²) >= 11 is 5.12. The summed E-state index contributed by atoms with van der Waals surface area (Å²) in [6.45, 7) is 2.68. The van der Waals surface area contributed by atoms with Crippen LogP contribution >= 0.6 is 12.2 Å². The number of hydrogen-bond acceptors (Lipinski definition) is 3. The van der Waals surface area contributed by atoms with Gasteiger partial charge in [-0.3, -0.25) is 15.0 Å². The van der Waals surface area contributed by atoms with Crippen LogP contribution in [-0.4, -0.2) is 28.5 Å². The number of carbonyl (C=O) groups excluding carboxylic acids is 2. The van der Waals surface area contributed by atoms with Gasteiger partial charge < -0.3 is 5.32 Å². The van der Waals surface area contributed by atoms with Gasteiger partial charge in [0.05, 0.1) is 11.1 Å². The lowest BCUT2D eigenvalue weighted by Gasteiger charge is -2.28. The largest absolute Gasteiger partial charge is 0.361 e. The highest BCUT2D eigenvalue weighted by Crippen LogP contribution is 2.28. The third-order valence-electron chi connectivity index (χ3n) is 3.52. The number of nitrogens with one attached hydrogen (secondary N) is 2. The summed E-state index contributed by atoms with van der Waals surface area (Å²) in [6, 6.07) is 10.8. The van der Waals surface area contributed by atoms with Gasteiger partial charge in [-0.2, -0.15) is 5.01 Å². The van der Waals surface area contributed by atoms with Crippen molar-refractivity contribution in [2.75, 3.05) is 6.54 Å². The first-order valence-corrected chi connectivity index (χ1v) is 7.49. The number of nitrogens with zero attached hydrogens (tertiary/aromatic N) is 1. The minimum Gasteiger partial charge on any atom is -0.361 e. The molecule has 1 aliphatic heterocycles. The Balaban J connectivity index is 1.99. The molecule has 0 saturated heterocycles. The molecule has 0 bridgehead atoms. The first-order chi connectivity index (χ1) is 10.6. The first kappa shape index (κ1) is 14.5. The van der Waals surface area contributed by atoms with E-state index in [0.717, 1.165) is 16.8 Å². The number of carbonyl (C=O) groups is 2. The SMILES string of the molecule is CCCNC(=S)NN1C(=O)c2cccc3cccc(c23)C1=O. The van der Waals surface area contributed by atoms with E-state index in [9.17, 15) is 9.59 Å². The molecular weight excluding hydrogens is 298 g/mol. The maximum Gasteiger partial charge on any atom is 0.280 e. The molecular formula is C16H15N3O2S. The van der Waals surface area contributed by atoms with E-state index in [0.29, 0.717) is 23.1 Å². The number of benzene rings is 2. The van der Waals surface area contributed by atoms with Crippen molar-refractivity contribution < 1.29 is 9.59 Å². The summed E-state index contributed by atoms with van der Waals surface area (Å²) in [6.07, 6.45) is 0.895. The van der Waals surface area contributed by atoms with Crippen molar-refractivity contribution in [2.24, 2.45) is 0 Å². The second-order valence-corrected chi connectivity index (χ2v) is 5.43. The lowest BCUT2D eigenvalue weighted by molar-refractivity contribution is 0.0566. The number of amides is 2. The van der Waals surface area contributed by atoms with Crippen LogP contribution in [0.4, 0.5) is 0 Å². The summed E-state index contributed by atoms with van der Waals surface area (Å²) in [5.41, 5.74) is 3.69. The van der Waals surface area contributed by atoms with Gasteiger partial charge in [0.2, 0.25) is 0 Å². The summed E-state index contributed by atoms with van der Waals surface area (Å²) < 4.78 is 0. The zero-order chi connectivity index (χ0) is 15.7. The predicted molar refractivity (Wildman–Crippen MR) is 88.5 cm³/mol. The molecule has 22 heavy (non-hydrogen) atoms. The van der Waals surface area contributed by atoms with Gasteiger partial charge in [-0.25, -0.2) is 0 Å². The summed E-state index contributed by atoms with van der Waals surface area (Å²) in [5.74, 6) is -0.787. The number of rotatable bonds is 3. The molecule has 0 unspecified atom stereocenters. The van der Waals surface area contributed by atoms with Gasteiger partial charge in [0, 0.05) is 11.9 Å². The van der Waals surface area contributed by atoms with Crippen molar-refractivity contribution in [2.45, 2.75) is 13.3 Å². The van der Waals surface area contributed by atoms with Gasteiger partial charge in [0.25, 0.3) is 11.8 Å². The van der Waals surface area contributed by atoms with E-state index in [2.05, 4.69) is 10.7 Å². The van der Waals surface area contributed by atoms with Crippen LogP contribution in [0.1, 0.15) is 34.1 Å². The fraction of sp³-hybridized carbons (Fsp3) is 0.188. The number of hydrogen-bond donors (Lipinski definition) is 2. The Morgan fingerprint density at radius 1 is 1.09 bits per heavy atom. The van der Waals surface area contributed by atoms with Crippen LogP contribution in [0, 0.1) is 0 Å². The van der Waals surface area contributed by atoms with Gasteiger partial charge in [0.1, 0.15) is 0 Å². The van der Waals surface area contributed by atoms with Crippen molar-refractivity contribution in [1.29, 1.82) is 0 Å². The molecule has 0 spiro atoms. The minimum absolute atomic E-state index is 0.259. The molecule has 2 amide bonds. The van der Waals surface area contributed by atoms with Gasteiger partial charge in [-0.1, -0.05) is 31.2 Å². The maximum atomic E-state index is 12.6. The maximum absolute atomic E-state index is 12.6. The molecule has 112 valence electrons. The van der Waals surface area contributed by atoms with Crippen LogP contribution in [0.5, 0.6) is 0 Å². The molecule has 0 atom stereocenters. The van der Waals surface area contributed by atoms with E-state index in [-0.39, 0.29) is 5.11 Å². The van der Waals surface area contributed by atoms with E-state index in [1.54, 1.807) is 24.3 Å². The van der Waals surface area contributed by atoms with Crippen LogP contribution < -0.4 is 10.7 Å². The Hall–Kier alpha value is -2.47. The molecule has 0 saturated carbocycles. The lowest BCUT2D eigenvalue weighted by Crippen LogP contribution is -2.54. The van der Waals surface area contributed by atoms with Crippen molar-refractivity contribution in [3.8, 4) is 0 Å². The predicted octanol–water partition coefficient (Wildman–Crippen LogP) is 2.22. The Morgan fingerprint density at radius 2 is 1.68 bits per heavy atom. The van der Waals surface area contributed by atoms with E-state index in [4.69, 9.17) is 12.2 Å². The molecule has 1 heterocycles. The minimum atomic E-state index is -0.394. The molecule has 5 nitrogen and oxygen atoms in total. The van der Waals surface area contributed by atoms with Gasteiger partial charge >= 0.3 is 0 Å². The fourth-order valence-corrected chi connectivity index (χ4v) is 2.71. The van der Waals surface area contributed by atoms with Crippen LogP contribution in [0.2, 0.25) is 0 Å². The average Bonchev–Trinajstić information content (AvgIpc) is 2.54. The van der Waals surface area contributed by atoms with E-state index in [1.165, 1.54) is 0 Å². The van der Waals surface area contributed by atoms with Gasteiger partial charge in [-0.05, 0) is 36.2 Å². The van der Waals surface area contributed by atoms with E-state index < -0.39 is 11.8 Å². The molecule has 0 aliphatic carbocycles. The highest BCUT2D eigenvalue weighted by atomic mass is 32.1. The quantitative estimate of drug-likeness (QED) is 0.672. The smallest absolute Gasteiger partial charge is 0.280 e. The van der Waals surface area contributed by atoms with Crippen LogP contribution in [-0.2, 0) is 0 Å². The molecule has 6 heteroatoms. The van der Waals surface area contributed by atoms with Crippen LogP contribution in [0.25, 0.3) is 10.8 Å². The number of thiocarbonyl (C=S) groups is 1. The molecule has 0 fully saturated rings. The summed E-state index contributed by atoms with van der Waals surface area (Å²) in [7, 11) is 0. The third-order valence-corrected chi connectivity index (χ3v) is 3.76. The first-order valence-electron chi connectivity index (χ1n) is 7.08. The molecule has 3 rings (SSSR count). The second-order valence-electron chi connectivity index (χ2n) is 5.02. The third kappa shape index (κ3) is 2.31. The van der Waals surface area contributed by atoms with Crippen LogP contribution in [0.3, 0.4) is 0 Å². The Kier molecular flexibility index (Phi) is 3.77. The zero-order valence-corrected chi connectivity index (χ0v) is 12.9. The van der Waals surface area contributed by atoms with Gasteiger partial charge in [-0.15, -0.1) is 0 Å². The standard InChI is InChI=1S/C16H15N3O2S/c1-2-9-17-16(22)18-19-14(20)11-7-3-5-10-6-4-8-12(13(10)11)15(19)21/h3-8H,2,9H2,1H3,(H2,17,18,22). The van der Waals surface area contributed by atoms with Crippen LogP contribution in [0.15, 0.2) is 36.4 Å². The van der Waals surface area contributed by atoms with Crippen molar-refractivity contribution in [3.63, 3.8) is 0 Å². The summed E-state index contributed by atoms with van der Waals surface area (Å²) in [4.78, 5) is 25.2. The zero-order valence-electron chi connectivity index (χ0n) is 12.1. The average molecular weight is 313 g/mol. The molecule has 2 N–H and O–H groups in total. The summed E-state index contributed by atoms with van der Waals surface area (Å²) in [5, 5.41) is 5.75. The topological polar surface area (TPSA) is 61.4 Å². The molecule has 2 aromatic rings. The van der Waals surface area contributed by atoms with E-state index >= 15 is 0 Å². The molecule has 0 aromatic heterocycles. The Bertz CT molecular complexity index is 737. The lowest BCUT2D eigenvalue weighted by atomic mass is 9.95.